The Kier molecular flexibility index (Phi) is 4.21. The molecule has 0 bridgehead atoms. The molecule has 2 aromatic carbocycles. The molecule has 0 spiro atoms. The van der Waals surface area contributed by atoms with Gasteiger partial charge in [0.05, 0.1) is 5.56 Å². The van der Waals surface area contributed by atoms with Gasteiger partial charge in [0.2, 0.25) is 0 Å². The van der Waals surface area contributed by atoms with Crippen molar-refractivity contribution >= 4 is 34.2 Å². The zero-order valence-corrected chi connectivity index (χ0v) is 13.4. The largest absolute Gasteiger partial charge is 0.311 e. The third kappa shape index (κ3) is 2.94. The number of halogens is 2. The summed E-state index contributed by atoms with van der Waals surface area (Å²) in [4.78, 5) is 14.6. The highest BCUT2D eigenvalue weighted by Gasteiger charge is 2.23. The summed E-state index contributed by atoms with van der Waals surface area (Å²) in [5.41, 5.74) is 2.56. The lowest BCUT2D eigenvalue weighted by molar-refractivity contribution is 0.0986. The van der Waals surface area contributed by atoms with E-state index in [2.05, 4.69) is 5.32 Å². The molecule has 108 valence electrons. The van der Waals surface area contributed by atoms with E-state index >= 15 is 0 Å². The van der Waals surface area contributed by atoms with Crippen molar-refractivity contribution in [1.82, 2.24) is 5.32 Å². The zero-order chi connectivity index (χ0) is 14.8. The summed E-state index contributed by atoms with van der Waals surface area (Å²) >= 11 is 2.00. The first-order valence-electron chi connectivity index (χ1n) is 6.72. The number of para-hydroxylation sites is 1. The lowest BCUT2D eigenvalue weighted by Gasteiger charge is -2.23. The number of benzene rings is 2. The number of nitrogens with zero attached hydrogens (tertiary/aromatic N) is 1. The SMILES string of the molecule is O=C(c1ccc(F)cc1I)N1CCNCc2ccccc21. The van der Waals surface area contributed by atoms with Crippen LogP contribution in [0.15, 0.2) is 42.5 Å². The number of anilines is 1. The molecule has 0 aromatic heterocycles. The van der Waals surface area contributed by atoms with Crippen LogP contribution in [-0.2, 0) is 6.54 Å². The normalized spacial score (nSPS) is 14.5. The molecule has 21 heavy (non-hydrogen) atoms. The van der Waals surface area contributed by atoms with E-state index in [1.165, 1.54) is 12.1 Å². The van der Waals surface area contributed by atoms with Crippen LogP contribution in [0.4, 0.5) is 10.1 Å². The Bertz CT molecular complexity index is 690. The molecular formula is C16H14FIN2O. The van der Waals surface area contributed by atoms with Gasteiger partial charge in [-0.15, -0.1) is 0 Å². The average Bonchev–Trinajstić information content (AvgIpc) is 2.69. The predicted molar refractivity (Wildman–Crippen MR) is 88.9 cm³/mol. The highest BCUT2D eigenvalue weighted by atomic mass is 127. The zero-order valence-electron chi connectivity index (χ0n) is 11.3. The van der Waals surface area contributed by atoms with Crippen molar-refractivity contribution in [2.75, 3.05) is 18.0 Å². The van der Waals surface area contributed by atoms with Crippen LogP contribution in [0.5, 0.6) is 0 Å². The molecule has 1 aliphatic rings. The van der Waals surface area contributed by atoms with Gasteiger partial charge in [0.25, 0.3) is 5.91 Å². The number of hydrogen-bond acceptors (Lipinski definition) is 2. The second-order valence-electron chi connectivity index (χ2n) is 4.89. The molecule has 0 atom stereocenters. The first-order valence-corrected chi connectivity index (χ1v) is 7.80. The number of rotatable bonds is 1. The van der Waals surface area contributed by atoms with E-state index < -0.39 is 0 Å². The van der Waals surface area contributed by atoms with Crippen LogP contribution < -0.4 is 10.2 Å². The molecule has 0 saturated carbocycles. The van der Waals surface area contributed by atoms with Gasteiger partial charge in [0.15, 0.2) is 0 Å². The third-order valence-corrected chi connectivity index (χ3v) is 4.41. The topological polar surface area (TPSA) is 32.3 Å². The van der Waals surface area contributed by atoms with E-state index in [9.17, 15) is 9.18 Å². The average molecular weight is 396 g/mol. The molecule has 5 heteroatoms. The van der Waals surface area contributed by atoms with Crippen LogP contribution in [0.25, 0.3) is 0 Å². The lowest BCUT2D eigenvalue weighted by atomic mass is 10.1. The van der Waals surface area contributed by atoms with Gasteiger partial charge in [-0.3, -0.25) is 4.79 Å². The first-order chi connectivity index (χ1) is 10.2. The predicted octanol–water partition coefficient (Wildman–Crippen LogP) is 3.18. The summed E-state index contributed by atoms with van der Waals surface area (Å²) in [5.74, 6) is -0.413. The summed E-state index contributed by atoms with van der Waals surface area (Å²) in [5, 5.41) is 3.31. The molecule has 1 amide bonds. The summed E-state index contributed by atoms with van der Waals surface area (Å²) in [7, 11) is 0. The number of fused-ring (bicyclic) bond motifs is 1. The minimum atomic E-state index is -0.325. The second kappa shape index (κ2) is 6.11. The maximum atomic E-state index is 13.2. The highest BCUT2D eigenvalue weighted by molar-refractivity contribution is 14.1. The van der Waals surface area contributed by atoms with Crippen LogP contribution in [-0.4, -0.2) is 19.0 Å². The highest BCUT2D eigenvalue weighted by Crippen LogP contribution is 2.25. The van der Waals surface area contributed by atoms with E-state index in [-0.39, 0.29) is 11.7 Å². The Balaban J connectivity index is 2.01. The molecule has 0 saturated heterocycles. The molecule has 1 aliphatic heterocycles. The smallest absolute Gasteiger partial charge is 0.259 e. The van der Waals surface area contributed by atoms with Gasteiger partial charge in [-0.05, 0) is 52.4 Å². The van der Waals surface area contributed by atoms with Crippen molar-refractivity contribution in [3.8, 4) is 0 Å². The molecule has 3 rings (SSSR count). The Labute approximate surface area is 136 Å². The molecule has 2 aromatic rings. The molecule has 3 nitrogen and oxygen atoms in total. The molecular weight excluding hydrogens is 382 g/mol. The van der Waals surface area contributed by atoms with E-state index in [0.29, 0.717) is 15.7 Å². The minimum Gasteiger partial charge on any atom is -0.311 e. The number of nitrogens with one attached hydrogen (secondary N) is 1. The standard InChI is InChI=1S/C16H14FIN2O/c17-12-5-6-13(14(18)9-12)16(21)20-8-7-19-10-11-3-1-2-4-15(11)20/h1-6,9,19H,7-8,10H2. The molecule has 0 unspecified atom stereocenters. The van der Waals surface area contributed by atoms with Crippen molar-refractivity contribution in [2.45, 2.75) is 6.54 Å². The lowest BCUT2D eigenvalue weighted by Crippen LogP contribution is -2.35. The number of carbonyl (C=O) groups excluding carboxylic acids is 1. The van der Waals surface area contributed by atoms with Gasteiger partial charge in [-0.2, -0.15) is 0 Å². The Morgan fingerprint density at radius 2 is 2.05 bits per heavy atom. The maximum absolute atomic E-state index is 13.2. The fourth-order valence-corrected chi connectivity index (χ4v) is 3.19. The fraction of sp³-hybridized carbons (Fsp3) is 0.188. The van der Waals surface area contributed by atoms with Crippen molar-refractivity contribution in [3.05, 3.63) is 63.0 Å². The second-order valence-corrected chi connectivity index (χ2v) is 6.05. The quantitative estimate of drug-likeness (QED) is 0.752. The molecule has 1 heterocycles. The van der Waals surface area contributed by atoms with Crippen molar-refractivity contribution in [3.63, 3.8) is 0 Å². The Hall–Kier alpha value is -1.47. The third-order valence-electron chi connectivity index (χ3n) is 3.52. The fourth-order valence-electron chi connectivity index (χ4n) is 2.48. The Morgan fingerprint density at radius 1 is 1.24 bits per heavy atom. The minimum absolute atomic E-state index is 0.0875. The number of amides is 1. The van der Waals surface area contributed by atoms with Gasteiger partial charge in [0, 0.05) is 28.9 Å². The molecule has 0 radical (unpaired) electrons. The van der Waals surface area contributed by atoms with Crippen LogP contribution in [0, 0.1) is 9.39 Å². The van der Waals surface area contributed by atoms with Gasteiger partial charge in [0.1, 0.15) is 5.82 Å². The number of hydrogen-bond donors (Lipinski definition) is 1. The van der Waals surface area contributed by atoms with Crippen molar-refractivity contribution in [1.29, 1.82) is 0 Å². The summed E-state index contributed by atoms with van der Waals surface area (Å²) in [6.07, 6.45) is 0. The van der Waals surface area contributed by atoms with Gasteiger partial charge >= 0.3 is 0 Å². The maximum Gasteiger partial charge on any atom is 0.259 e. The van der Waals surface area contributed by atoms with E-state index in [4.69, 9.17) is 0 Å². The van der Waals surface area contributed by atoms with Crippen LogP contribution in [0.1, 0.15) is 15.9 Å². The van der Waals surface area contributed by atoms with Gasteiger partial charge in [-0.1, -0.05) is 18.2 Å². The monoisotopic (exact) mass is 396 g/mol. The molecule has 0 fully saturated rings. The van der Waals surface area contributed by atoms with Gasteiger partial charge < -0.3 is 10.2 Å². The summed E-state index contributed by atoms with van der Waals surface area (Å²) in [6, 6.07) is 12.1. The van der Waals surface area contributed by atoms with E-state index in [1.807, 2.05) is 46.9 Å². The van der Waals surface area contributed by atoms with Crippen molar-refractivity contribution < 1.29 is 9.18 Å². The van der Waals surface area contributed by atoms with Crippen LogP contribution in [0.2, 0.25) is 0 Å². The van der Waals surface area contributed by atoms with Crippen LogP contribution in [0.3, 0.4) is 0 Å². The first kappa shape index (κ1) is 14.5. The Morgan fingerprint density at radius 3 is 2.86 bits per heavy atom. The molecule has 1 N–H and O–H groups in total. The van der Waals surface area contributed by atoms with E-state index in [0.717, 1.165) is 24.3 Å². The van der Waals surface area contributed by atoms with E-state index in [1.54, 1.807) is 11.0 Å². The van der Waals surface area contributed by atoms with Crippen molar-refractivity contribution in [2.24, 2.45) is 0 Å². The van der Waals surface area contributed by atoms with Gasteiger partial charge in [-0.25, -0.2) is 4.39 Å². The summed E-state index contributed by atoms with van der Waals surface area (Å²) < 4.78 is 13.8. The van der Waals surface area contributed by atoms with Crippen LogP contribution >= 0.6 is 22.6 Å². The number of carbonyl (C=O) groups is 1. The molecule has 0 aliphatic carbocycles. The summed E-state index contributed by atoms with van der Waals surface area (Å²) in [6.45, 7) is 2.09.